The van der Waals surface area contributed by atoms with Crippen molar-refractivity contribution >= 4 is 5.82 Å². The van der Waals surface area contributed by atoms with Crippen molar-refractivity contribution in [3.63, 3.8) is 0 Å². The highest BCUT2D eigenvalue weighted by molar-refractivity contribution is 5.41. The van der Waals surface area contributed by atoms with Crippen molar-refractivity contribution in [2.24, 2.45) is 0 Å². The first-order valence-electron chi connectivity index (χ1n) is 4.26. The molecule has 2 heterocycles. The van der Waals surface area contributed by atoms with Crippen LogP contribution in [0, 0.1) is 0 Å². The summed E-state index contributed by atoms with van der Waals surface area (Å²) in [5.74, 6) is 1.21. The predicted molar refractivity (Wildman–Crippen MR) is 47.3 cm³/mol. The third kappa shape index (κ3) is 1.35. The Hall–Kier alpha value is -1.25. The Morgan fingerprint density at radius 2 is 2.00 bits per heavy atom. The molecule has 1 aromatic rings. The van der Waals surface area contributed by atoms with E-state index in [0.29, 0.717) is 0 Å². The molecule has 1 saturated heterocycles. The van der Waals surface area contributed by atoms with E-state index in [9.17, 15) is 0 Å². The van der Waals surface area contributed by atoms with Gasteiger partial charge in [0.1, 0.15) is 11.6 Å². The first kappa shape index (κ1) is 7.40. The zero-order valence-electron chi connectivity index (χ0n) is 6.90. The second kappa shape index (κ2) is 3.01. The van der Waals surface area contributed by atoms with Gasteiger partial charge in [-0.05, 0) is 25.0 Å². The summed E-state index contributed by atoms with van der Waals surface area (Å²) in [6.07, 6.45) is 4.00. The smallest absolute Gasteiger partial charge is 0.134 e. The molecular formula is C9H12N2O. The van der Waals surface area contributed by atoms with Gasteiger partial charge in [0, 0.05) is 13.1 Å². The Balaban J connectivity index is 2.17. The van der Waals surface area contributed by atoms with Crippen LogP contribution in [0.25, 0.3) is 0 Å². The monoisotopic (exact) mass is 164 g/mol. The standard InChI is InChI=1S/C9H12N2O/c12-8-3-4-9(10-7-8)11-5-1-2-6-11/h3-4,7,12H,1-2,5-6H2. The number of aromatic nitrogens is 1. The topological polar surface area (TPSA) is 36.4 Å². The molecule has 0 saturated carbocycles. The average Bonchev–Trinajstić information content (AvgIpc) is 2.58. The van der Waals surface area contributed by atoms with Crippen LogP contribution in [-0.2, 0) is 0 Å². The number of hydrogen-bond acceptors (Lipinski definition) is 3. The number of anilines is 1. The van der Waals surface area contributed by atoms with Gasteiger partial charge in [0.25, 0.3) is 0 Å². The van der Waals surface area contributed by atoms with Crippen LogP contribution in [0.1, 0.15) is 12.8 Å². The molecular weight excluding hydrogens is 152 g/mol. The van der Waals surface area contributed by atoms with Gasteiger partial charge in [0.05, 0.1) is 6.20 Å². The molecule has 1 fully saturated rings. The number of hydrogen-bond donors (Lipinski definition) is 1. The van der Waals surface area contributed by atoms with Crippen molar-refractivity contribution in [1.82, 2.24) is 4.98 Å². The van der Waals surface area contributed by atoms with Crippen LogP contribution in [0.2, 0.25) is 0 Å². The van der Waals surface area contributed by atoms with E-state index in [1.165, 1.54) is 19.0 Å². The molecule has 0 atom stereocenters. The first-order valence-corrected chi connectivity index (χ1v) is 4.26. The van der Waals surface area contributed by atoms with Crippen LogP contribution in [0.5, 0.6) is 5.75 Å². The van der Waals surface area contributed by atoms with Crippen LogP contribution < -0.4 is 4.90 Å². The Morgan fingerprint density at radius 3 is 2.58 bits per heavy atom. The van der Waals surface area contributed by atoms with Crippen LogP contribution >= 0.6 is 0 Å². The fraction of sp³-hybridized carbons (Fsp3) is 0.444. The molecule has 1 aliphatic rings. The van der Waals surface area contributed by atoms with Gasteiger partial charge >= 0.3 is 0 Å². The normalized spacial score (nSPS) is 16.8. The summed E-state index contributed by atoms with van der Waals surface area (Å²) in [5, 5.41) is 9.02. The number of aromatic hydroxyl groups is 1. The minimum absolute atomic E-state index is 0.234. The SMILES string of the molecule is Oc1ccc(N2CCCC2)nc1. The third-order valence-electron chi connectivity index (χ3n) is 2.16. The number of nitrogens with zero attached hydrogens (tertiary/aromatic N) is 2. The molecule has 0 spiro atoms. The van der Waals surface area contributed by atoms with Crippen LogP contribution in [0.4, 0.5) is 5.82 Å². The van der Waals surface area contributed by atoms with Crippen molar-refractivity contribution in [3.8, 4) is 5.75 Å². The maximum Gasteiger partial charge on any atom is 0.134 e. The highest BCUT2D eigenvalue weighted by Gasteiger charge is 2.12. The number of rotatable bonds is 1. The largest absolute Gasteiger partial charge is 0.506 e. The summed E-state index contributed by atoms with van der Waals surface area (Å²) in [6, 6.07) is 3.54. The molecule has 3 heteroatoms. The molecule has 3 nitrogen and oxygen atoms in total. The molecule has 0 unspecified atom stereocenters. The lowest BCUT2D eigenvalue weighted by Gasteiger charge is -2.15. The minimum atomic E-state index is 0.234. The highest BCUT2D eigenvalue weighted by Crippen LogP contribution is 2.18. The van der Waals surface area contributed by atoms with E-state index in [4.69, 9.17) is 5.11 Å². The van der Waals surface area contributed by atoms with Crippen molar-refractivity contribution in [1.29, 1.82) is 0 Å². The second-order valence-corrected chi connectivity index (χ2v) is 3.07. The Morgan fingerprint density at radius 1 is 1.25 bits per heavy atom. The Labute approximate surface area is 71.7 Å². The maximum atomic E-state index is 9.02. The van der Waals surface area contributed by atoms with E-state index in [0.717, 1.165) is 18.9 Å². The first-order chi connectivity index (χ1) is 5.86. The summed E-state index contributed by atoms with van der Waals surface area (Å²) in [4.78, 5) is 6.37. The summed E-state index contributed by atoms with van der Waals surface area (Å²) in [6.45, 7) is 2.19. The predicted octanol–water partition coefficient (Wildman–Crippen LogP) is 1.39. The van der Waals surface area contributed by atoms with Gasteiger partial charge in [-0.2, -0.15) is 0 Å². The van der Waals surface area contributed by atoms with Crippen LogP contribution in [-0.4, -0.2) is 23.2 Å². The lowest BCUT2D eigenvalue weighted by Crippen LogP contribution is -2.18. The summed E-state index contributed by atoms with van der Waals surface area (Å²) in [5.41, 5.74) is 0. The molecule has 0 aliphatic carbocycles. The highest BCUT2D eigenvalue weighted by atomic mass is 16.3. The van der Waals surface area contributed by atoms with Gasteiger partial charge in [-0.3, -0.25) is 0 Å². The van der Waals surface area contributed by atoms with Crippen molar-refractivity contribution in [2.75, 3.05) is 18.0 Å². The molecule has 64 valence electrons. The van der Waals surface area contributed by atoms with Gasteiger partial charge in [-0.1, -0.05) is 0 Å². The van der Waals surface area contributed by atoms with E-state index in [1.54, 1.807) is 6.07 Å². The zero-order valence-corrected chi connectivity index (χ0v) is 6.90. The van der Waals surface area contributed by atoms with Crippen molar-refractivity contribution < 1.29 is 5.11 Å². The second-order valence-electron chi connectivity index (χ2n) is 3.07. The third-order valence-corrected chi connectivity index (χ3v) is 2.16. The van der Waals surface area contributed by atoms with Gasteiger partial charge in [-0.15, -0.1) is 0 Å². The molecule has 0 radical (unpaired) electrons. The fourth-order valence-electron chi connectivity index (χ4n) is 1.51. The summed E-state index contributed by atoms with van der Waals surface area (Å²) in [7, 11) is 0. The molecule has 1 aliphatic heterocycles. The van der Waals surface area contributed by atoms with Crippen molar-refractivity contribution in [3.05, 3.63) is 18.3 Å². The van der Waals surface area contributed by atoms with E-state index in [-0.39, 0.29) is 5.75 Å². The number of pyridine rings is 1. The van der Waals surface area contributed by atoms with Gasteiger partial charge in [0.2, 0.25) is 0 Å². The fourth-order valence-corrected chi connectivity index (χ4v) is 1.51. The van der Waals surface area contributed by atoms with E-state index in [2.05, 4.69) is 9.88 Å². The maximum absolute atomic E-state index is 9.02. The molecule has 0 aromatic carbocycles. The molecule has 2 rings (SSSR count). The lowest BCUT2D eigenvalue weighted by atomic mass is 10.4. The van der Waals surface area contributed by atoms with E-state index >= 15 is 0 Å². The Bertz CT molecular complexity index is 252. The zero-order chi connectivity index (χ0) is 8.39. The van der Waals surface area contributed by atoms with Gasteiger partial charge in [-0.25, -0.2) is 4.98 Å². The molecule has 1 aromatic heterocycles. The minimum Gasteiger partial charge on any atom is -0.506 e. The van der Waals surface area contributed by atoms with Crippen LogP contribution in [0.15, 0.2) is 18.3 Å². The summed E-state index contributed by atoms with van der Waals surface area (Å²) >= 11 is 0. The average molecular weight is 164 g/mol. The van der Waals surface area contributed by atoms with Gasteiger partial charge < -0.3 is 10.0 Å². The van der Waals surface area contributed by atoms with Crippen molar-refractivity contribution in [2.45, 2.75) is 12.8 Å². The lowest BCUT2D eigenvalue weighted by molar-refractivity contribution is 0.472. The van der Waals surface area contributed by atoms with E-state index in [1.807, 2.05) is 6.07 Å². The van der Waals surface area contributed by atoms with Gasteiger partial charge in [0.15, 0.2) is 0 Å². The molecule has 1 N–H and O–H groups in total. The Kier molecular flexibility index (Phi) is 1.86. The van der Waals surface area contributed by atoms with E-state index < -0.39 is 0 Å². The molecule has 12 heavy (non-hydrogen) atoms. The summed E-state index contributed by atoms with van der Waals surface area (Å²) < 4.78 is 0. The van der Waals surface area contributed by atoms with Crippen LogP contribution in [0.3, 0.4) is 0 Å². The molecule has 0 bridgehead atoms. The quantitative estimate of drug-likeness (QED) is 0.681. The molecule has 0 amide bonds.